The first kappa shape index (κ1) is 16.6. The Morgan fingerprint density at radius 3 is 2.62 bits per heavy atom. The molecule has 0 aliphatic carbocycles. The predicted octanol–water partition coefficient (Wildman–Crippen LogP) is 3.15. The number of nitrogens with zero attached hydrogens (tertiary/aromatic N) is 2. The van der Waals surface area contributed by atoms with Gasteiger partial charge in [0.1, 0.15) is 0 Å². The summed E-state index contributed by atoms with van der Waals surface area (Å²) >= 11 is 6.49. The van der Waals surface area contributed by atoms with Crippen LogP contribution in [0.4, 0.5) is 5.69 Å². The quantitative estimate of drug-likeness (QED) is 0.907. The smallest absolute Gasteiger partial charge is 0.0642 e. The molecule has 1 aliphatic rings. The van der Waals surface area contributed by atoms with Crippen molar-refractivity contribution in [2.75, 3.05) is 31.6 Å². The number of hydrogen-bond acceptors (Lipinski definition) is 3. The molecule has 2 N–H and O–H groups in total. The molecule has 1 atom stereocenters. The number of halogens is 1. The van der Waals surface area contributed by atoms with Crippen LogP contribution in [0.3, 0.4) is 0 Å². The normalized spacial score (nSPS) is 18.7. The average Bonchev–Trinajstić information content (AvgIpc) is 2.46. The average molecular weight is 310 g/mol. The molecule has 0 saturated carbocycles. The Labute approximate surface area is 134 Å². The van der Waals surface area contributed by atoms with Crippen LogP contribution < -0.4 is 10.6 Å². The van der Waals surface area contributed by atoms with Gasteiger partial charge in [-0.15, -0.1) is 0 Å². The molecule has 118 valence electrons. The van der Waals surface area contributed by atoms with Gasteiger partial charge in [0.05, 0.1) is 10.7 Å². The molecule has 2 rings (SSSR count). The fourth-order valence-electron chi connectivity index (χ4n) is 3.27. The van der Waals surface area contributed by atoms with E-state index in [1.807, 2.05) is 19.1 Å². The van der Waals surface area contributed by atoms with Crippen molar-refractivity contribution in [1.29, 1.82) is 0 Å². The SMILES string of the molecule is CCN1CCC(N(C)c2c(Cl)cccc2CC(C)N)CC1. The minimum Gasteiger partial charge on any atom is -0.370 e. The van der Waals surface area contributed by atoms with Crippen LogP contribution in [0.25, 0.3) is 0 Å². The summed E-state index contributed by atoms with van der Waals surface area (Å²) in [6, 6.07) is 6.88. The molecule has 1 aromatic carbocycles. The summed E-state index contributed by atoms with van der Waals surface area (Å²) in [7, 11) is 2.18. The zero-order chi connectivity index (χ0) is 15.4. The van der Waals surface area contributed by atoms with E-state index in [0.29, 0.717) is 6.04 Å². The Kier molecular flexibility index (Phi) is 5.91. The number of rotatable bonds is 5. The van der Waals surface area contributed by atoms with E-state index in [4.69, 9.17) is 17.3 Å². The van der Waals surface area contributed by atoms with Crippen molar-refractivity contribution in [3.63, 3.8) is 0 Å². The molecular weight excluding hydrogens is 282 g/mol. The highest BCUT2D eigenvalue weighted by Gasteiger charge is 2.24. The topological polar surface area (TPSA) is 32.5 Å². The van der Waals surface area contributed by atoms with E-state index >= 15 is 0 Å². The maximum atomic E-state index is 6.49. The zero-order valence-electron chi connectivity index (χ0n) is 13.5. The van der Waals surface area contributed by atoms with Gasteiger partial charge in [-0.1, -0.05) is 30.7 Å². The van der Waals surface area contributed by atoms with Crippen LogP contribution in [-0.2, 0) is 6.42 Å². The van der Waals surface area contributed by atoms with E-state index in [0.717, 1.165) is 18.0 Å². The molecule has 0 amide bonds. The van der Waals surface area contributed by atoms with Crippen LogP contribution in [0.15, 0.2) is 18.2 Å². The first-order valence-corrected chi connectivity index (χ1v) is 8.38. The molecule has 0 aromatic heterocycles. The first-order valence-electron chi connectivity index (χ1n) is 8.01. The van der Waals surface area contributed by atoms with Gasteiger partial charge in [-0.3, -0.25) is 0 Å². The monoisotopic (exact) mass is 309 g/mol. The van der Waals surface area contributed by atoms with E-state index in [9.17, 15) is 0 Å². The molecule has 0 radical (unpaired) electrons. The van der Waals surface area contributed by atoms with Crippen LogP contribution in [-0.4, -0.2) is 43.7 Å². The molecule has 1 fully saturated rings. The zero-order valence-corrected chi connectivity index (χ0v) is 14.2. The molecule has 0 spiro atoms. The van der Waals surface area contributed by atoms with Crippen LogP contribution in [0.5, 0.6) is 0 Å². The highest BCUT2D eigenvalue weighted by molar-refractivity contribution is 6.33. The van der Waals surface area contributed by atoms with Gasteiger partial charge in [-0.25, -0.2) is 0 Å². The maximum absolute atomic E-state index is 6.49. The van der Waals surface area contributed by atoms with E-state index in [1.54, 1.807) is 0 Å². The van der Waals surface area contributed by atoms with Crippen molar-refractivity contribution in [3.05, 3.63) is 28.8 Å². The van der Waals surface area contributed by atoms with Crippen molar-refractivity contribution >= 4 is 17.3 Å². The predicted molar refractivity (Wildman–Crippen MR) is 92.3 cm³/mol. The Morgan fingerprint density at radius 1 is 1.38 bits per heavy atom. The summed E-state index contributed by atoms with van der Waals surface area (Å²) in [5.74, 6) is 0. The Morgan fingerprint density at radius 2 is 2.05 bits per heavy atom. The van der Waals surface area contributed by atoms with Gasteiger partial charge in [-0.2, -0.15) is 0 Å². The van der Waals surface area contributed by atoms with E-state index in [-0.39, 0.29) is 6.04 Å². The highest BCUT2D eigenvalue weighted by atomic mass is 35.5. The molecule has 1 aromatic rings. The molecule has 1 unspecified atom stereocenters. The fraction of sp³-hybridized carbons (Fsp3) is 0.647. The van der Waals surface area contributed by atoms with Gasteiger partial charge in [-0.05, 0) is 44.4 Å². The molecular formula is C17H28ClN3. The lowest BCUT2D eigenvalue weighted by Crippen LogP contribution is -2.43. The third kappa shape index (κ3) is 4.12. The molecule has 1 aliphatic heterocycles. The minimum absolute atomic E-state index is 0.151. The molecule has 1 heterocycles. The third-order valence-electron chi connectivity index (χ3n) is 4.52. The van der Waals surface area contributed by atoms with Gasteiger partial charge in [0.2, 0.25) is 0 Å². The number of benzene rings is 1. The van der Waals surface area contributed by atoms with Crippen LogP contribution in [0.2, 0.25) is 5.02 Å². The van der Waals surface area contributed by atoms with Gasteiger partial charge >= 0.3 is 0 Å². The standard InChI is InChI=1S/C17H28ClN3/c1-4-21-10-8-15(9-11-21)20(3)17-14(12-13(2)19)6-5-7-16(17)18/h5-7,13,15H,4,8-12,19H2,1-3H3. The lowest BCUT2D eigenvalue weighted by atomic mass is 9.99. The summed E-state index contributed by atoms with van der Waals surface area (Å²) in [5.41, 5.74) is 8.42. The molecule has 0 bridgehead atoms. The van der Waals surface area contributed by atoms with Crippen molar-refractivity contribution in [3.8, 4) is 0 Å². The highest BCUT2D eigenvalue weighted by Crippen LogP contribution is 2.33. The summed E-state index contributed by atoms with van der Waals surface area (Å²) in [6.45, 7) is 7.79. The van der Waals surface area contributed by atoms with Crippen LogP contribution in [0.1, 0.15) is 32.3 Å². The Balaban J connectivity index is 2.16. The molecule has 3 nitrogen and oxygen atoms in total. The summed E-state index contributed by atoms with van der Waals surface area (Å²) < 4.78 is 0. The second-order valence-corrected chi connectivity index (χ2v) is 6.61. The first-order chi connectivity index (χ1) is 10.0. The lowest BCUT2D eigenvalue weighted by molar-refractivity contribution is 0.221. The summed E-state index contributed by atoms with van der Waals surface area (Å²) in [4.78, 5) is 4.90. The van der Waals surface area contributed by atoms with Gasteiger partial charge in [0.15, 0.2) is 0 Å². The number of likely N-dealkylation sites (tertiary alicyclic amines) is 1. The number of hydrogen-bond donors (Lipinski definition) is 1. The van der Waals surface area contributed by atoms with Gasteiger partial charge < -0.3 is 15.5 Å². The molecule has 1 saturated heterocycles. The van der Waals surface area contributed by atoms with E-state index in [2.05, 4.69) is 29.8 Å². The number of para-hydroxylation sites is 1. The van der Waals surface area contributed by atoms with Crippen molar-refractivity contribution in [1.82, 2.24) is 4.90 Å². The fourth-order valence-corrected chi connectivity index (χ4v) is 3.60. The number of piperidine rings is 1. The van der Waals surface area contributed by atoms with Crippen molar-refractivity contribution < 1.29 is 0 Å². The molecule has 4 heteroatoms. The van der Waals surface area contributed by atoms with Crippen molar-refractivity contribution in [2.45, 2.75) is 45.2 Å². The van der Waals surface area contributed by atoms with Crippen LogP contribution in [0, 0.1) is 0 Å². The second kappa shape index (κ2) is 7.48. The van der Waals surface area contributed by atoms with Crippen molar-refractivity contribution in [2.24, 2.45) is 5.73 Å². The largest absolute Gasteiger partial charge is 0.370 e. The number of nitrogens with two attached hydrogens (primary N) is 1. The third-order valence-corrected chi connectivity index (χ3v) is 4.82. The summed E-state index contributed by atoms with van der Waals surface area (Å²) in [6.07, 6.45) is 3.27. The lowest BCUT2D eigenvalue weighted by Gasteiger charge is -2.38. The Bertz CT molecular complexity index is 453. The van der Waals surface area contributed by atoms with E-state index in [1.165, 1.54) is 37.2 Å². The Hall–Kier alpha value is -0.770. The van der Waals surface area contributed by atoms with Crippen LogP contribution >= 0.6 is 11.6 Å². The van der Waals surface area contributed by atoms with E-state index < -0.39 is 0 Å². The summed E-state index contributed by atoms with van der Waals surface area (Å²) in [5, 5.41) is 0.841. The van der Waals surface area contributed by atoms with Gasteiger partial charge in [0.25, 0.3) is 0 Å². The molecule has 21 heavy (non-hydrogen) atoms. The minimum atomic E-state index is 0.151. The maximum Gasteiger partial charge on any atom is 0.0642 e. The second-order valence-electron chi connectivity index (χ2n) is 6.21. The number of anilines is 1. The van der Waals surface area contributed by atoms with Gasteiger partial charge in [0, 0.05) is 32.2 Å².